The average molecular weight is 300 g/mol. The van der Waals surface area contributed by atoms with Gasteiger partial charge in [-0.05, 0) is 23.6 Å². The minimum absolute atomic E-state index is 0.203. The van der Waals surface area contributed by atoms with Gasteiger partial charge in [-0.2, -0.15) is 0 Å². The van der Waals surface area contributed by atoms with Crippen molar-refractivity contribution in [3.63, 3.8) is 0 Å². The highest BCUT2D eigenvalue weighted by atomic mass is 79.9. The number of hydrogen-bond donors (Lipinski definition) is 1. The Balaban J connectivity index is 2.61. The Morgan fingerprint density at radius 2 is 2.18 bits per heavy atom. The molecule has 0 aliphatic carbocycles. The number of rotatable bonds is 5. The largest absolute Gasteiger partial charge is 0.468 e. The smallest absolute Gasteiger partial charge is 0.323 e. The lowest BCUT2D eigenvalue weighted by molar-refractivity contribution is -0.144. The van der Waals surface area contributed by atoms with E-state index >= 15 is 0 Å². The normalized spacial score (nSPS) is 12.5. The van der Waals surface area contributed by atoms with Gasteiger partial charge < -0.3 is 10.1 Å². The number of nitrogens with one attached hydrogen (secondary N) is 1. The van der Waals surface area contributed by atoms with Gasteiger partial charge in [-0.1, -0.05) is 41.9 Å². The Morgan fingerprint density at radius 3 is 2.71 bits per heavy atom. The van der Waals surface area contributed by atoms with Crippen LogP contribution in [0.4, 0.5) is 0 Å². The van der Waals surface area contributed by atoms with Crippen LogP contribution in [0.3, 0.4) is 0 Å². The Bertz CT molecular complexity index is 379. The number of carbonyl (C=O) groups is 1. The molecule has 0 aliphatic rings. The number of methoxy groups -OCH3 is 1. The Morgan fingerprint density at radius 1 is 1.47 bits per heavy atom. The second-order valence-corrected chi connectivity index (χ2v) is 5.17. The van der Waals surface area contributed by atoms with Crippen molar-refractivity contribution in [1.29, 1.82) is 0 Å². The first kappa shape index (κ1) is 14.2. The number of carbonyl (C=O) groups excluding carboxylic acids is 1. The van der Waals surface area contributed by atoms with E-state index in [0.717, 1.165) is 10.0 Å². The standard InChI is InChI=1S/C13H18BrNO2/c1-9(2)12(13(16)17-3)15-8-10-5-4-6-11(14)7-10/h4-7,9,12,15H,8H2,1-3H3/t12-/m1/s1. The average Bonchev–Trinajstić information content (AvgIpc) is 2.28. The summed E-state index contributed by atoms with van der Waals surface area (Å²) in [4.78, 5) is 11.5. The quantitative estimate of drug-likeness (QED) is 0.850. The molecule has 94 valence electrons. The molecule has 0 heterocycles. The molecule has 0 fully saturated rings. The molecule has 0 saturated heterocycles. The summed E-state index contributed by atoms with van der Waals surface area (Å²) in [6.07, 6.45) is 0. The predicted octanol–water partition coefficient (Wildman–Crippen LogP) is 2.74. The van der Waals surface area contributed by atoms with E-state index in [-0.39, 0.29) is 17.9 Å². The maximum Gasteiger partial charge on any atom is 0.323 e. The maximum atomic E-state index is 11.5. The first-order valence-corrected chi connectivity index (χ1v) is 6.39. The van der Waals surface area contributed by atoms with Crippen molar-refractivity contribution in [2.75, 3.05) is 7.11 Å². The van der Waals surface area contributed by atoms with E-state index < -0.39 is 0 Å². The van der Waals surface area contributed by atoms with E-state index in [1.165, 1.54) is 7.11 Å². The third kappa shape index (κ3) is 4.48. The first-order valence-electron chi connectivity index (χ1n) is 5.60. The van der Waals surface area contributed by atoms with Crippen LogP contribution in [0.15, 0.2) is 28.7 Å². The first-order chi connectivity index (χ1) is 8.04. The molecule has 0 bridgehead atoms. The van der Waals surface area contributed by atoms with Crippen LogP contribution < -0.4 is 5.32 Å². The fourth-order valence-corrected chi connectivity index (χ4v) is 2.04. The van der Waals surface area contributed by atoms with Crippen molar-refractivity contribution >= 4 is 21.9 Å². The molecule has 1 aromatic rings. The number of halogens is 1. The molecule has 3 nitrogen and oxygen atoms in total. The molecular formula is C13H18BrNO2. The Labute approximate surface area is 111 Å². The molecule has 1 aromatic carbocycles. The van der Waals surface area contributed by atoms with Gasteiger partial charge in [0.1, 0.15) is 6.04 Å². The second kappa shape index (κ2) is 6.77. The Kier molecular flexibility index (Phi) is 5.65. The van der Waals surface area contributed by atoms with E-state index in [1.807, 2.05) is 38.1 Å². The molecule has 1 atom stereocenters. The summed E-state index contributed by atoms with van der Waals surface area (Å²) >= 11 is 3.42. The van der Waals surface area contributed by atoms with E-state index in [4.69, 9.17) is 4.74 Å². The molecular weight excluding hydrogens is 282 g/mol. The van der Waals surface area contributed by atoms with Crippen molar-refractivity contribution in [2.24, 2.45) is 5.92 Å². The van der Waals surface area contributed by atoms with Gasteiger partial charge in [0.25, 0.3) is 0 Å². The van der Waals surface area contributed by atoms with E-state index in [1.54, 1.807) is 0 Å². The summed E-state index contributed by atoms with van der Waals surface area (Å²) in [6, 6.07) is 7.74. The molecule has 0 amide bonds. The highest BCUT2D eigenvalue weighted by molar-refractivity contribution is 9.10. The summed E-state index contributed by atoms with van der Waals surface area (Å²) in [5.41, 5.74) is 1.13. The lowest BCUT2D eigenvalue weighted by Gasteiger charge is -2.19. The minimum atomic E-state index is -0.265. The lowest BCUT2D eigenvalue weighted by Crippen LogP contribution is -2.41. The molecule has 0 saturated carbocycles. The van der Waals surface area contributed by atoms with Crippen molar-refractivity contribution < 1.29 is 9.53 Å². The van der Waals surface area contributed by atoms with Gasteiger partial charge in [-0.15, -0.1) is 0 Å². The SMILES string of the molecule is COC(=O)[C@H](NCc1cccc(Br)c1)C(C)C. The van der Waals surface area contributed by atoms with Gasteiger partial charge in [-0.3, -0.25) is 4.79 Å². The number of ether oxygens (including phenoxy) is 1. The lowest BCUT2D eigenvalue weighted by atomic mass is 10.0. The second-order valence-electron chi connectivity index (χ2n) is 4.26. The van der Waals surface area contributed by atoms with Crippen LogP contribution in [-0.4, -0.2) is 19.1 Å². The highest BCUT2D eigenvalue weighted by Crippen LogP contribution is 2.12. The maximum absolute atomic E-state index is 11.5. The van der Waals surface area contributed by atoms with Gasteiger partial charge >= 0.3 is 5.97 Å². The van der Waals surface area contributed by atoms with Crippen molar-refractivity contribution in [1.82, 2.24) is 5.32 Å². The zero-order valence-corrected chi connectivity index (χ0v) is 12.0. The molecule has 1 N–H and O–H groups in total. The zero-order valence-electron chi connectivity index (χ0n) is 10.4. The highest BCUT2D eigenvalue weighted by Gasteiger charge is 2.21. The van der Waals surface area contributed by atoms with Crippen molar-refractivity contribution in [2.45, 2.75) is 26.4 Å². The number of hydrogen-bond acceptors (Lipinski definition) is 3. The van der Waals surface area contributed by atoms with Crippen LogP contribution in [0, 0.1) is 5.92 Å². The zero-order chi connectivity index (χ0) is 12.8. The van der Waals surface area contributed by atoms with Crippen LogP contribution in [0.1, 0.15) is 19.4 Å². The number of esters is 1. The fraction of sp³-hybridized carbons (Fsp3) is 0.462. The van der Waals surface area contributed by atoms with Gasteiger partial charge in [0, 0.05) is 11.0 Å². The fourth-order valence-electron chi connectivity index (χ4n) is 1.59. The summed E-state index contributed by atoms with van der Waals surface area (Å²) in [7, 11) is 1.42. The summed E-state index contributed by atoms with van der Waals surface area (Å²) in [6.45, 7) is 4.64. The van der Waals surface area contributed by atoms with E-state index in [9.17, 15) is 4.79 Å². The predicted molar refractivity (Wildman–Crippen MR) is 71.6 cm³/mol. The molecule has 1 rings (SSSR count). The van der Waals surface area contributed by atoms with E-state index in [2.05, 4.69) is 21.2 Å². The van der Waals surface area contributed by atoms with Crippen molar-refractivity contribution in [3.05, 3.63) is 34.3 Å². The minimum Gasteiger partial charge on any atom is -0.468 e. The Hall–Kier alpha value is -0.870. The third-order valence-corrected chi connectivity index (χ3v) is 3.03. The summed E-state index contributed by atoms with van der Waals surface area (Å²) in [5.74, 6) is -0.00963. The summed E-state index contributed by atoms with van der Waals surface area (Å²) < 4.78 is 5.81. The molecule has 0 radical (unpaired) electrons. The van der Waals surface area contributed by atoms with Crippen molar-refractivity contribution in [3.8, 4) is 0 Å². The third-order valence-electron chi connectivity index (χ3n) is 2.54. The van der Waals surface area contributed by atoms with Crippen LogP contribution in [0.25, 0.3) is 0 Å². The molecule has 0 spiro atoms. The molecule has 0 aliphatic heterocycles. The van der Waals surface area contributed by atoms with Crippen LogP contribution in [0.2, 0.25) is 0 Å². The van der Waals surface area contributed by atoms with Gasteiger partial charge in [0.05, 0.1) is 7.11 Å². The molecule has 0 aromatic heterocycles. The molecule has 0 unspecified atom stereocenters. The summed E-state index contributed by atoms with van der Waals surface area (Å²) in [5, 5.41) is 3.22. The molecule has 17 heavy (non-hydrogen) atoms. The van der Waals surface area contributed by atoms with Gasteiger partial charge in [0.2, 0.25) is 0 Å². The number of benzene rings is 1. The van der Waals surface area contributed by atoms with Crippen LogP contribution in [0.5, 0.6) is 0 Å². The monoisotopic (exact) mass is 299 g/mol. The van der Waals surface area contributed by atoms with Crippen LogP contribution >= 0.6 is 15.9 Å². The molecule has 4 heteroatoms. The van der Waals surface area contributed by atoms with E-state index in [0.29, 0.717) is 6.54 Å². The topological polar surface area (TPSA) is 38.3 Å². The van der Waals surface area contributed by atoms with Crippen LogP contribution in [-0.2, 0) is 16.1 Å². The van der Waals surface area contributed by atoms with Gasteiger partial charge in [0.15, 0.2) is 0 Å². The van der Waals surface area contributed by atoms with Gasteiger partial charge in [-0.25, -0.2) is 0 Å².